The van der Waals surface area contributed by atoms with E-state index in [9.17, 15) is 4.79 Å². The Bertz CT molecular complexity index is 655. The monoisotopic (exact) mass is 355 g/mol. The standard InChI is InChI=1S/C19H24N2O.C2H5NO/c1-16-5-4-13-21(15-16)14-11-17-7-9-18(10-8-17)22-19-6-2-3-12-20-19;1-2(3)4/h2-3,6-10,12,16H,4-5,11,13-15H2,1H3;1H3,(H2,3,4). The average molecular weight is 355 g/mol. The van der Waals surface area contributed by atoms with Crippen molar-refractivity contribution in [1.82, 2.24) is 9.88 Å². The van der Waals surface area contributed by atoms with Gasteiger partial charge in [0.05, 0.1) is 0 Å². The van der Waals surface area contributed by atoms with E-state index in [1.807, 2.05) is 30.3 Å². The number of benzene rings is 1. The van der Waals surface area contributed by atoms with Crippen LogP contribution >= 0.6 is 0 Å². The van der Waals surface area contributed by atoms with E-state index in [0.29, 0.717) is 5.88 Å². The number of ether oxygens (including phenoxy) is 1. The van der Waals surface area contributed by atoms with Crippen molar-refractivity contribution in [3.05, 3.63) is 54.2 Å². The van der Waals surface area contributed by atoms with Crippen LogP contribution in [0.2, 0.25) is 0 Å². The zero-order valence-electron chi connectivity index (χ0n) is 15.7. The van der Waals surface area contributed by atoms with Crippen molar-refractivity contribution in [3.63, 3.8) is 0 Å². The number of hydrogen-bond acceptors (Lipinski definition) is 4. The number of aromatic nitrogens is 1. The summed E-state index contributed by atoms with van der Waals surface area (Å²) in [7, 11) is 0. The third kappa shape index (κ3) is 7.66. The predicted molar refractivity (Wildman–Crippen MR) is 104 cm³/mol. The summed E-state index contributed by atoms with van der Waals surface area (Å²) in [5.41, 5.74) is 5.84. The van der Waals surface area contributed by atoms with Gasteiger partial charge in [0, 0.05) is 32.3 Å². The van der Waals surface area contributed by atoms with E-state index in [2.05, 4.69) is 34.7 Å². The summed E-state index contributed by atoms with van der Waals surface area (Å²) < 4.78 is 5.72. The van der Waals surface area contributed by atoms with Crippen molar-refractivity contribution in [3.8, 4) is 11.6 Å². The van der Waals surface area contributed by atoms with Gasteiger partial charge in [-0.3, -0.25) is 4.79 Å². The molecule has 2 aromatic rings. The second-order valence-corrected chi connectivity index (χ2v) is 6.82. The van der Waals surface area contributed by atoms with E-state index >= 15 is 0 Å². The summed E-state index contributed by atoms with van der Waals surface area (Å²) in [5, 5.41) is 0. The molecule has 140 valence electrons. The van der Waals surface area contributed by atoms with E-state index in [-0.39, 0.29) is 5.91 Å². The molecule has 1 aromatic carbocycles. The molecule has 1 aromatic heterocycles. The first-order chi connectivity index (χ1) is 12.5. The second-order valence-electron chi connectivity index (χ2n) is 6.82. The van der Waals surface area contributed by atoms with Gasteiger partial charge in [-0.1, -0.05) is 25.1 Å². The fourth-order valence-corrected chi connectivity index (χ4v) is 3.03. The third-order valence-corrected chi connectivity index (χ3v) is 4.24. The van der Waals surface area contributed by atoms with Crippen molar-refractivity contribution in [2.45, 2.75) is 33.1 Å². The average Bonchev–Trinajstić information content (AvgIpc) is 2.62. The number of nitrogens with zero attached hydrogens (tertiary/aromatic N) is 2. The Labute approximate surface area is 156 Å². The number of nitrogens with two attached hydrogens (primary N) is 1. The minimum Gasteiger partial charge on any atom is -0.439 e. The highest BCUT2D eigenvalue weighted by Crippen LogP contribution is 2.20. The second kappa shape index (κ2) is 10.6. The highest BCUT2D eigenvalue weighted by molar-refractivity contribution is 5.70. The number of amides is 1. The van der Waals surface area contributed by atoms with Crippen molar-refractivity contribution in [1.29, 1.82) is 0 Å². The van der Waals surface area contributed by atoms with Crippen LogP contribution in [0.4, 0.5) is 0 Å². The van der Waals surface area contributed by atoms with Gasteiger partial charge in [0.2, 0.25) is 11.8 Å². The van der Waals surface area contributed by atoms with Crippen molar-refractivity contribution < 1.29 is 9.53 Å². The molecule has 0 aliphatic carbocycles. The molecule has 5 heteroatoms. The predicted octanol–water partition coefficient (Wildman–Crippen LogP) is 3.64. The number of rotatable bonds is 5. The largest absolute Gasteiger partial charge is 0.439 e. The van der Waals surface area contributed by atoms with E-state index in [1.165, 1.54) is 38.4 Å². The molecule has 0 bridgehead atoms. The van der Waals surface area contributed by atoms with Gasteiger partial charge in [-0.2, -0.15) is 0 Å². The lowest BCUT2D eigenvalue weighted by Gasteiger charge is -2.30. The Morgan fingerprint density at radius 2 is 2.00 bits per heavy atom. The maximum atomic E-state index is 9.22. The fourth-order valence-electron chi connectivity index (χ4n) is 3.03. The summed E-state index contributed by atoms with van der Waals surface area (Å²) in [4.78, 5) is 16.0. The zero-order valence-corrected chi connectivity index (χ0v) is 15.7. The van der Waals surface area contributed by atoms with E-state index in [1.54, 1.807) is 6.20 Å². The lowest BCUT2D eigenvalue weighted by Crippen LogP contribution is -2.35. The van der Waals surface area contributed by atoms with Crippen LogP contribution in [0.15, 0.2) is 48.7 Å². The Kier molecular flexibility index (Phi) is 8.09. The smallest absolute Gasteiger partial charge is 0.219 e. The lowest BCUT2D eigenvalue weighted by atomic mass is 10.00. The first kappa shape index (κ1) is 19.9. The molecule has 0 spiro atoms. The molecule has 2 heterocycles. The minimum absolute atomic E-state index is 0.333. The SMILES string of the molecule is CC(N)=O.CC1CCCN(CCc2ccc(Oc3ccccn3)cc2)C1. The summed E-state index contributed by atoms with van der Waals surface area (Å²) >= 11 is 0. The van der Waals surface area contributed by atoms with Crippen LogP contribution in [0.25, 0.3) is 0 Å². The van der Waals surface area contributed by atoms with Gasteiger partial charge in [0.15, 0.2) is 0 Å². The molecule has 1 aliphatic heterocycles. The van der Waals surface area contributed by atoms with Crippen LogP contribution in [-0.4, -0.2) is 35.4 Å². The quantitative estimate of drug-likeness (QED) is 0.889. The van der Waals surface area contributed by atoms with Gasteiger partial charge >= 0.3 is 0 Å². The Morgan fingerprint density at radius 1 is 1.27 bits per heavy atom. The Morgan fingerprint density at radius 3 is 2.62 bits per heavy atom. The molecular weight excluding hydrogens is 326 g/mol. The van der Waals surface area contributed by atoms with Crippen LogP contribution in [0.5, 0.6) is 11.6 Å². The topological polar surface area (TPSA) is 68.5 Å². The number of likely N-dealkylation sites (tertiary alicyclic amines) is 1. The number of carbonyl (C=O) groups is 1. The summed E-state index contributed by atoms with van der Waals surface area (Å²) in [5.74, 6) is 1.99. The molecule has 1 aliphatic rings. The van der Waals surface area contributed by atoms with E-state index in [4.69, 9.17) is 4.74 Å². The van der Waals surface area contributed by atoms with Crippen LogP contribution in [0.3, 0.4) is 0 Å². The normalized spacial score (nSPS) is 17.1. The van der Waals surface area contributed by atoms with Crippen LogP contribution in [0.1, 0.15) is 32.3 Å². The molecule has 1 atom stereocenters. The molecule has 0 radical (unpaired) electrons. The number of hydrogen-bond donors (Lipinski definition) is 1. The van der Waals surface area contributed by atoms with Gasteiger partial charge < -0.3 is 15.4 Å². The maximum Gasteiger partial charge on any atom is 0.219 e. The first-order valence-corrected chi connectivity index (χ1v) is 9.19. The van der Waals surface area contributed by atoms with Gasteiger partial charge in [-0.05, 0) is 55.5 Å². The van der Waals surface area contributed by atoms with Crippen LogP contribution in [-0.2, 0) is 11.2 Å². The van der Waals surface area contributed by atoms with Crippen LogP contribution in [0, 0.1) is 5.92 Å². The van der Waals surface area contributed by atoms with Gasteiger partial charge in [0.25, 0.3) is 0 Å². The third-order valence-electron chi connectivity index (χ3n) is 4.24. The Hall–Kier alpha value is -2.40. The van der Waals surface area contributed by atoms with Crippen LogP contribution < -0.4 is 10.5 Å². The Balaban J connectivity index is 0.000000552. The molecule has 0 saturated carbocycles. The fraction of sp³-hybridized carbons (Fsp3) is 0.429. The highest BCUT2D eigenvalue weighted by Gasteiger charge is 2.15. The van der Waals surface area contributed by atoms with Crippen molar-refractivity contribution in [2.24, 2.45) is 11.7 Å². The first-order valence-electron chi connectivity index (χ1n) is 9.19. The zero-order chi connectivity index (χ0) is 18.8. The molecule has 2 N–H and O–H groups in total. The summed E-state index contributed by atoms with van der Waals surface area (Å²) in [6.45, 7) is 7.33. The highest BCUT2D eigenvalue weighted by atomic mass is 16.5. The molecule has 5 nitrogen and oxygen atoms in total. The minimum atomic E-state index is -0.333. The van der Waals surface area contributed by atoms with Gasteiger partial charge in [-0.15, -0.1) is 0 Å². The summed E-state index contributed by atoms with van der Waals surface area (Å²) in [6, 6.07) is 14.1. The number of carbonyl (C=O) groups excluding carboxylic acids is 1. The maximum absolute atomic E-state index is 9.22. The molecule has 3 rings (SSSR count). The summed E-state index contributed by atoms with van der Waals surface area (Å²) in [6.07, 6.45) is 5.58. The molecule has 1 unspecified atom stereocenters. The number of primary amides is 1. The van der Waals surface area contributed by atoms with E-state index < -0.39 is 0 Å². The molecule has 1 fully saturated rings. The number of pyridine rings is 1. The van der Waals surface area contributed by atoms with Gasteiger partial charge in [-0.25, -0.2) is 4.98 Å². The molecular formula is C21H29N3O2. The lowest BCUT2D eigenvalue weighted by molar-refractivity contribution is -0.115. The number of piperidine rings is 1. The molecule has 1 amide bonds. The van der Waals surface area contributed by atoms with Crippen molar-refractivity contribution in [2.75, 3.05) is 19.6 Å². The molecule has 26 heavy (non-hydrogen) atoms. The molecule has 1 saturated heterocycles. The van der Waals surface area contributed by atoms with Crippen molar-refractivity contribution >= 4 is 5.91 Å². The van der Waals surface area contributed by atoms with Gasteiger partial charge in [0.1, 0.15) is 5.75 Å². The van der Waals surface area contributed by atoms with E-state index in [0.717, 1.165) is 24.6 Å².